The Bertz CT molecular complexity index is 1120. The molecule has 4 aromatic rings. The zero-order chi connectivity index (χ0) is 21.1. The third-order valence-electron chi connectivity index (χ3n) is 5.01. The molecule has 156 valence electrons. The van der Waals surface area contributed by atoms with Gasteiger partial charge in [0.25, 0.3) is 0 Å². The molecule has 0 radical (unpaired) electrons. The molecule has 0 bridgehead atoms. The fraction of sp³-hybridized carbons (Fsp3) is 0.261. The molecule has 3 heterocycles. The van der Waals surface area contributed by atoms with Gasteiger partial charge in [0.1, 0.15) is 11.5 Å². The van der Waals surface area contributed by atoms with Crippen LogP contribution in [0, 0.1) is 0 Å². The van der Waals surface area contributed by atoms with Crippen LogP contribution in [0.4, 0.5) is 13.2 Å². The van der Waals surface area contributed by atoms with Crippen LogP contribution in [0.25, 0.3) is 16.1 Å². The second-order valence-electron chi connectivity index (χ2n) is 7.32. The molecule has 30 heavy (non-hydrogen) atoms. The maximum absolute atomic E-state index is 12.9. The maximum Gasteiger partial charge on any atom is 0.416 e. The highest BCUT2D eigenvalue weighted by Gasteiger charge is 2.30. The first-order valence-corrected chi connectivity index (χ1v) is 10.7. The molecule has 0 saturated carbocycles. The van der Waals surface area contributed by atoms with E-state index in [1.165, 1.54) is 12.1 Å². The van der Waals surface area contributed by atoms with Crippen LogP contribution in [0.2, 0.25) is 0 Å². The van der Waals surface area contributed by atoms with Gasteiger partial charge in [-0.2, -0.15) is 13.2 Å². The van der Waals surface area contributed by atoms with E-state index in [2.05, 4.69) is 21.9 Å². The Hall–Kier alpha value is -2.64. The van der Waals surface area contributed by atoms with Crippen LogP contribution in [0.5, 0.6) is 0 Å². The standard InChI is InChI=1S/C23H22F3N3S/c1-16(14-17-6-4-7-18(15-17)23(24,25)26)27-11-10-21-28-22(20-9-5-13-30-20)19-8-2-3-12-29(19)21/h2-9,12-13,15-16,27H,10-11,14H2,1H3. The smallest absolute Gasteiger partial charge is 0.313 e. The lowest BCUT2D eigenvalue weighted by Crippen LogP contribution is -2.30. The van der Waals surface area contributed by atoms with Gasteiger partial charge >= 0.3 is 6.18 Å². The summed E-state index contributed by atoms with van der Waals surface area (Å²) < 4.78 is 40.8. The first kappa shape index (κ1) is 20.6. The molecular weight excluding hydrogens is 407 g/mol. The topological polar surface area (TPSA) is 29.3 Å². The van der Waals surface area contributed by atoms with E-state index >= 15 is 0 Å². The molecule has 0 spiro atoms. The SMILES string of the molecule is CC(Cc1cccc(C(F)(F)F)c1)NCCc1nc(-c2cccs2)c2ccccn12. The van der Waals surface area contributed by atoms with Gasteiger partial charge in [-0.05, 0) is 48.6 Å². The fourth-order valence-corrected chi connectivity index (χ4v) is 4.33. The van der Waals surface area contributed by atoms with Gasteiger partial charge in [-0.1, -0.05) is 30.3 Å². The Balaban J connectivity index is 1.41. The van der Waals surface area contributed by atoms with Gasteiger partial charge in [0, 0.05) is 25.2 Å². The third-order valence-corrected chi connectivity index (χ3v) is 5.89. The minimum Gasteiger partial charge on any atom is -0.313 e. The van der Waals surface area contributed by atoms with E-state index in [1.807, 2.05) is 36.7 Å². The molecule has 0 aliphatic rings. The van der Waals surface area contributed by atoms with Crippen LogP contribution in [0.3, 0.4) is 0 Å². The summed E-state index contributed by atoms with van der Waals surface area (Å²) >= 11 is 1.67. The number of nitrogens with one attached hydrogen (secondary N) is 1. The molecule has 4 rings (SSSR count). The fourth-order valence-electron chi connectivity index (χ4n) is 3.60. The van der Waals surface area contributed by atoms with Crippen LogP contribution in [0.1, 0.15) is 23.9 Å². The largest absolute Gasteiger partial charge is 0.416 e. The molecule has 0 aliphatic heterocycles. The van der Waals surface area contributed by atoms with Crippen molar-refractivity contribution in [2.24, 2.45) is 0 Å². The van der Waals surface area contributed by atoms with Crippen LogP contribution < -0.4 is 5.32 Å². The quantitative estimate of drug-likeness (QED) is 0.400. The average molecular weight is 430 g/mol. The van der Waals surface area contributed by atoms with Crippen molar-refractivity contribution in [3.8, 4) is 10.6 Å². The van der Waals surface area contributed by atoms with Crippen molar-refractivity contribution in [1.82, 2.24) is 14.7 Å². The molecule has 0 aliphatic carbocycles. The number of pyridine rings is 1. The Morgan fingerprint density at radius 2 is 1.97 bits per heavy atom. The van der Waals surface area contributed by atoms with Crippen LogP contribution in [0.15, 0.2) is 66.2 Å². The summed E-state index contributed by atoms with van der Waals surface area (Å²) in [6.45, 7) is 2.68. The minimum absolute atomic E-state index is 0.0523. The average Bonchev–Trinajstić information content (AvgIpc) is 3.36. The van der Waals surface area contributed by atoms with Crippen LogP contribution >= 0.6 is 11.3 Å². The number of halogens is 3. The molecule has 3 aromatic heterocycles. The third kappa shape index (κ3) is 4.57. The number of hydrogen-bond acceptors (Lipinski definition) is 3. The summed E-state index contributed by atoms with van der Waals surface area (Å²) in [6.07, 6.45) is -1.04. The number of rotatable bonds is 7. The predicted molar refractivity (Wildman–Crippen MR) is 115 cm³/mol. The van der Waals surface area contributed by atoms with Gasteiger partial charge in [0.05, 0.1) is 16.0 Å². The molecule has 1 atom stereocenters. The lowest BCUT2D eigenvalue weighted by molar-refractivity contribution is -0.137. The second kappa shape index (κ2) is 8.62. The van der Waals surface area contributed by atoms with Crippen LogP contribution in [-0.4, -0.2) is 22.0 Å². The van der Waals surface area contributed by atoms with Crippen molar-refractivity contribution in [3.63, 3.8) is 0 Å². The Morgan fingerprint density at radius 1 is 1.10 bits per heavy atom. The second-order valence-corrected chi connectivity index (χ2v) is 8.26. The molecule has 0 saturated heterocycles. The monoisotopic (exact) mass is 429 g/mol. The number of aromatic nitrogens is 2. The van der Waals surface area contributed by atoms with Gasteiger partial charge in [0.15, 0.2) is 0 Å². The summed E-state index contributed by atoms with van der Waals surface area (Å²) in [5.74, 6) is 0.966. The zero-order valence-corrected chi connectivity index (χ0v) is 17.3. The highest BCUT2D eigenvalue weighted by Crippen LogP contribution is 2.30. The number of benzene rings is 1. The van der Waals surface area contributed by atoms with E-state index in [9.17, 15) is 13.2 Å². The van der Waals surface area contributed by atoms with Gasteiger partial charge in [-0.15, -0.1) is 11.3 Å². The molecule has 0 fully saturated rings. The van der Waals surface area contributed by atoms with E-state index in [4.69, 9.17) is 4.98 Å². The first-order chi connectivity index (χ1) is 14.4. The molecule has 1 unspecified atom stereocenters. The predicted octanol–water partition coefficient (Wildman–Crippen LogP) is 5.84. The normalized spacial score (nSPS) is 13.1. The number of thiophene rings is 1. The number of nitrogens with zero attached hydrogens (tertiary/aromatic N) is 2. The zero-order valence-electron chi connectivity index (χ0n) is 16.5. The van der Waals surface area contributed by atoms with E-state index in [0.29, 0.717) is 18.5 Å². The van der Waals surface area contributed by atoms with E-state index in [-0.39, 0.29) is 6.04 Å². The minimum atomic E-state index is -4.31. The Morgan fingerprint density at radius 3 is 2.73 bits per heavy atom. The number of alkyl halides is 3. The molecular formula is C23H22F3N3S. The molecule has 0 amide bonds. The van der Waals surface area contributed by atoms with Gasteiger partial charge in [-0.25, -0.2) is 4.98 Å². The summed E-state index contributed by atoms with van der Waals surface area (Å²) in [4.78, 5) is 5.99. The molecule has 1 N–H and O–H groups in total. The van der Waals surface area contributed by atoms with E-state index < -0.39 is 11.7 Å². The molecule has 1 aromatic carbocycles. The Kier molecular flexibility index (Phi) is 5.92. The van der Waals surface area contributed by atoms with Crippen molar-refractivity contribution in [3.05, 3.63) is 83.1 Å². The van der Waals surface area contributed by atoms with Crippen molar-refractivity contribution in [2.75, 3.05) is 6.54 Å². The van der Waals surface area contributed by atoms with Crippen LogP contribution in [-0.2, 0) is 19.0 Å². The first-order valence-electron chi connectivity index (χ1n) is 9.81. The molecule has 3 nitrogen and oxygen atoms in total. The van der Waals surface area contributed by atoms with E-state index in [0.717, 1.165) is 34.4 Å². The van der Waals surface area contributed by atoms with Crippen molar-refractivity contribution >= 4 is 16.9 Å². The number of fused-ring (bicyclic) bond motifs is 1. The van der Waals surface area contributed by atoms with Crippen molar-refractivity contribution in [1.29, 1.82) is 0 Å². The lowest BCUT2D eigenvalue weighted by atomic mass is 10.0. The number of imidazole rings is 1. The van der Waals surface area contributed by atoms with Crippen molar-refractivity contribution in [2.45, 2.75) is 32.0 Å². The highest BCUT2D eigenvalue weighted by atomic mass is 32.1. The summed E-state index contributed by atoms with van der Waals surface area (Å²) in [5, 5.41) is 5.46. The lowest BCUT2D eigenvalue weighted by Gasteiger charge is -2.15. The van der Waals surface area contributed by atoms with Gasteiger partial charge in [0.2, 0.25) is 0 Å². The summed E-state index contributed by atoms with van der Waals surface area (Å²) in [5.41, 5.74) is 2.14. The summed E-state index contributed by atoms with van der Waals surface area (Å²) in [6, 6.07) is 15.7. The molecule has 7 heteroatoms. The maximum atomic E-state index is 12.9. The van der Waals surface area contributed by atoms with Gasteiger partial charge < -0.3 is 9.72 Å². The Labute approximate surface area is 177 Å². The van der Waals surface area contributed by atoms with Crippen molar-refractivity contribution < 1.29 is 13.2 Å². The highest BCUT2D eigenvalue weighted by molar-refractivity contribution is 7.13. The van der Waals surface area contributed by atoms with E-state index in [1.54, 1.807) is 17.4 Å². The number of hydrogen-bond donors (Lipinski definition) is 1. The summed E-state index contributed by atoms with van der Waals surface area (Å²) in [7, 11) is 0. The van der Waals surface area contributed by atoms with Gasteiger partial charge in [-0.3, -0.25) is 0 Å².